The lowest BCUT2D eigenvalue weighted by Crippen LogP contribution is -1.89. The van der Waals surface area contributed by atoms with Gasteiger partial charge in [0.15, 0.2) is 0 Å². The van der Waals surface area contributed by atoms with E-state index in [1.165, 1.54) is 18.2 Å². The van der Waals surface area contributed by atoms with Gasteiger partial charge in [0.2, 0.25) is 0 Å². The molecular weight excluding hydrogens is 201 g/mol. The molecule has 0 spiro atoms. The molecule has 0 amide bonds. The Kier molecular flexibility index (Phi) is 2.46. The molecule has 0 unspecified atom stereocenters. The van der Waals surface area contributed by atoms with Gasteiger partial charge in [-0.25, -0.2) is 13.2 Å². The van der Waals surface area contributed by atoms with Gasteiger partial charge < -0.3 is 0 Å². The van der Waals surface area contributed by atoms with Gasteiger partial charge in [-0.2, -0.15) is 0 Å². The Morgan fingerprint density at radius 2 is 1.60 bits per heavy atom. The van der Waals surface area contributed by atoms with E-state index in [1.807, 2.05) is 0 Å². The van der Waals surface area contributed by atoms with Crippen molar-refractivity contribution >= 4 is 0 Å². The molecule has 0 aromatic heterocycles. The fraction of sp³-hybridized carbons (Fsp3) is 0. The molecule has 1 radical (unpaired) electrons. The molecule has 0 saturated heterocycles. The van der Waals surface area contributed by atoms with E-state index in [1.54, 1.807) is 0 Å². The Bertz CT molecular complexity index is 472. The summed E-state index contributed by atoms with van der Waals surface area (Å²) < 4.78 is 39.4. The highest BCUT2D eigenvalue weighted by Crippen LogP contribution is 2.25. The molecule has 0 atom stereocenters. The van der Waals surface area contributed by atoms with Gasteiger partial charge in [0.05, 0.1) is 5.56 Å². The van der Waals surface area contributed by atoms with Crippen molar-refractivity contribution in [1.82, 2.24) is 0 Å². The highest BCUT2D eigenvalue weighted by molar-refractivity contribution is 5.64. The molecule has 75 valence electrons. The van der Waals surface area contributed by atoms with Gasteiger partial charge in [-0.3, -0.25) is 0 Å². The van der Waals surface area contributed by atoms with Gasteiger partial charge >= 0.3 is 0 Å². The van der Waals surface area contributed by atoms with Crippen LogP contribution < -0.4 is 0 Å². The van der Waals surface area contributed by atoms with Crippen molar-refractivity contribution < 1.29 is 13.2 Å². The van der Waals surface area contributed by atoms with Crippen molar-refractivity contribution in [2.75, 3.05) is 0 Å². The zero-order chi connectivity index (χ0) is 10.8. The van der Waals surface area contributed by atoms with Crippen LogP contribution in [0.25, 0.3) is 11.1 Å². The number of hydrogen-bond acceptors (Lipinski definition) is 0. The average Bonchev–Trinajstić information content (AvgIpc) is 2.17. The maximum absolute atomic E-state index is 13.3. The highest BCUT2D eigenvalue weighted by atomic mass is 19.1. The Morgan fingerprint density at radius 3 is 2.20 bits per heavy atom. The number of hydrogen-bond donors (Lipinski definition) is 0. The summed E-state index contributed by atoms with van der Waals surface area (Å²) in [6.45, 7) is 0. The number of benzene rings is 2. The molecule has 0 bridgehead atoms. The normalized spacial score (nSPS) is 10.3. The van der Waals surface area contributed by atoms with Crippen LogP contribution in [-0.4, -0.2) is 0 Å². The minimum absolute atomic E-state index is 0.168. The lowest BCUT2D eigenvalue weighted by atomic mass is 10.0. The summed E-state index contributed by atoms with van der Waals surface area (Å²) in [5.41, 5.74) is -0.0488. The first-order valence-electron chi connectivity index (χ1n) is 4.30. The Labute approximate surface area is 85.0 Å². The van der Waals surface area contributed by atoms with Crippen molar-refractivity contribution in [2.45, 2.75) is 0 Å². The molecule has 0 heterocycles. The molecular formula is C12H6F3. The van der Waals surface area contributed by atoms with Crippen LogP contribution in [0.15, 0.2) is 36.4 Å². The van der Waals surface area contributed by atoms with Crippen LogP contribution in [0.4, 0.5) is 13.2 Å². The van der Waals surface area contributed by atoms with Crippen molar-refractivity contribution in [3.8, 4) is 11.1 Å². The largest absolute Gasteiger partial charge is 0.206 e. The standard InChI is InChI=1S/C12H6F3/c13-9-4-1-3-8(7-9)12-10(14)5-2-6-11(12)15/h1-3,5-7H. The fourth-order valence-electron chi connectivity index (χ4n) is 1.37. The molecule has 2 aromatic rings. The summed E-state index contributed by atoms with van der Waals surface area (Å²) in [5, 5.41) is 0. The van der Waals surface area contributed by atoms with Gasteiger partial charge in [-0.1, -0.05) is 18.2 Å². The maximum atomic E-state index is 13.3. The first-order valence-corrected chi connectivity index (χ1v) is 4.30. The Balaban J connectivity index is 2.63. The smallest absolute Gasteiger partial charge is 0.133 e. The third kappa shape index (κ3) is 1.86. The SMILES string of the molecule is Fc1[c]ccc(-c2c(F)cccc2F)c1. The van der Waals surface area contributed by atoms with Crippen molar-refractivity contribution in [3.63, 3.8) is 0 Å². The van der Waals surface area contributed by atoms with E-state index in [2.05, 4.69) is 6.07 Å². The summed E-state index contributed by atoms with van der Waals surface area (Å²) in [6, 6.07) is 9.53. The van der Waals surface area contributed by atoms with Crippen molar-refractivity contribution in [1.29, 1.82) is 0 Å². The Morgan fingerprint density at radius 1 is 0.933 bits per heavy atom. The number of halogens is 3. The van der Waals surface area contributed by atoms with Crippen molar-refractivity contribution in [2.24, 2.45) is 0 Å². The summed E-state index contributed by atoms with van der Waals surface area (Å²) >= 11 is 0. The molecule has 3 heteroatoms. The van der Waals surface area contributed by atoms with Crippen molar-refractivity contribution in [3.05, 3.63) is 59.9 Å². The van der Waals surface area contributed by atoms with Gasteiger partial charge in [0.1, 0.15) is 17.5 Å². The summed E-state index contributed by atoms with van der Waals surface area (Å²) in [6.07, 6.45) is 0. The molecule has 2 rings (SSSR count). The van der Waals surface area contributed by atoms with Gasteiger partial charge in [0.25, 0.3) is 0 Å². The van der Waals surface area contributed by atoms with Crippen LogP contribution in [-0.2, 0) is 0 Å². The fourth-order valence-corrected chi connectivity index (χ4v) is 1.37. The van der Waals surface area contributed by atoms with E-state index < -0.39 is 17.5 Å². The van der Waals surface area contributed by atoms with E-state index in [9.17, 15) is 13.2 Å². The lowest BCUT2D eigenvalue weighted by Gasteiger charge is -2.04. The first kappa shape index (κ1) is 9.77. The molecule has 15 heavy (non-hydrogen) atoms. The molecule has 0 aliphatic rings. The van der Waals surface area contributed by atoms with E-state index in [0.29, 0.717) is 0 Å². The maximum Gasteiger partial charge on any atom is 0.133 e. The predicted octanol–water partition coefficient (Wildman–Crippen LogP) is 3.57. The molecule has 0 aliphatic heterocycles. The zero-order valence-electron chi connectivity index (χ0n) is 7.60. The second-order valence-electron chi connectivity index (χ2n) is 3.02. The van der Waals surface area contributed by atoms with E-state index in [-0.39, 0.29) is 11.1 Å². The van der Waals surface area contributed by atoms with Crippen LogP contribution in [0, 0.1) is 23.5 Å². The first-order chi connectivity index (χ1) is 7.18. The van der Waals surface area contributed by atoms with Crippen LogP contribution in [0.3, 0.4) is 0 Å². The van der Waals surface area contributed by atoms with Gasteiger partial charge in [0, 0.05) is 6.07 Å². The third-order valence-electron chi connectivity index (χ3n) is 2.02. The van der Waals surface area contributed by atoms with E-state index >= 15 is 0 Å². The lowest BCUT2D eigenvalue weighted by molar-refractivity contribution is 0.588. The zero-order valence-corrected chi connectivity index (χ0v) is 7.60. The quantitative estimate of drug-likeness (QED) is 0.670. The topological polar surface area (TPSA) is 0 Å². The molecule has 0 N–H and O–H groups in total. The highest BCUT2D eigenvalue weighted by Gasteiger charge is 2.10. The second kappa shape index (κ2) is 3.77. The summed E-state index contributed by atoms with van der Waals surface area (Å²) in [5.74, 6) is -2.06. The second-order valence-corrected chi connectivity index (χ2v) is 3.02. The number of rotatable bonds is 1. The van der Waals surface area contributed by atoms with Gasteiger partial charge in [-0.05, 0) is 23.8 Å². The predicted molar refractivity (Wildman–Crippen MR) is 50.6 cm³/mol. The Hall–Kier alpha value is -1.77. The average molecular weight is 207 g/mol. The minimum atomic E-state index is -0.708. The summed E-state index contributed by atoms with van der Waals surface area (Å²) in [4.78, 5) is 0. The molecule has 0 saturated carbocycles. The summed E-state index contributed by atoms with van der Waals surface area (Å²) in [7, 11) is 0. The van der Waals surface area contributed by atoms with Crippen LogP contribution >= 0.6 is 0 Å². The van der Waals surface area contributed by atoms with Crippen LogP contribution in [0.5, 0.6) is 0 Å². The molecule has 0 nitrogen and oxygen atoms in total. The molecule has 2 aromatic carbocycles. The van der Waals surface area contributed by atoms with Crippen LogP contribution in [0.1, 0.15) is 0 Å². The minimum Gasteiger partial charge on any atom is -0.206 e. The van der Waals surface area contributed by atoms with Gasteiger partial charge in [-0.15, -0.1) is 0 Å². The van der Waals surface area contributed by atoms with Crippen LogP contribution in [0.2, 0.25) is 0 Å². The molecule has 0 fully saturated rings. The van der Waals surface area contributed by atoms with E-state index in [4.69, 9.17) is 0 Å². The molecule has 0 aliphatic carbocycles. The monoisotopic (exact) mass is 207 g/mol. The third-order valence-corrected chi connectivity index (χ3v) is 2.02. The van der Waals surface area contributed by atoms with E-state index in [0.717, 1.165) is 18.2 Å².